The molecule has 0 radical (unpaired) electrons. The van der Waals surface area contributed by atoms with E-state index in [-0.39, 0.29) is 71.0 Å². The lowest BCUT2D eigenvalue weighted by Gasteiger charge is -2.18. The Morgan fingerprint density at radius 2 is 0.784 bits per heavy atom. The first-order valence-corrected chi connectivity index (χ1v) is 13.3. The van der Waals surface area contributed by atoms with Crippen LogP contribution in [-0.4, -0.2) is 23.6 Å². The van der Waals surface area contributed by atoms with Crippen LogP contribution < -0.4 is 9.80 Å². The van der Waals surface area contributed by atoms with Gasteiger partial charge in [-0.2, -0.15) is 0 Å². The minimum absolute atomic E-state index is 0.0610. The van der Waals surface area contributed by atoms with Crippen LogP contribution in [0.5, 0.6) is 0 Å². The van der Waals surface area contributed by atoms with Crippen molar-refractivity contribution in [1.29, 1.82) is 0 Å². The summed E-state index contributed by atoms with van der Waals surface area (Å²) in [6, 6.07) is 15.3. The van der Waals surface area contributed by atoms with E-state index in [9.17, 15) is 19.2 Å². The number of fused-ring (bicyclic) bond motifs is 10. The van der Waals surface area contributed by atoms with Gasteiger partial charge in [-0.3, -0.25) is 29.0 Å². The molecule has 4 aliphatic carbocycles. The number of hydrogen-bond acceptors (Lipinski definition) is 4. The van der Waals surface area contributed by atoms with Crippen LogP contribution in [0.4, 0.5) is 11.4 Å². The highest BCUT2D eigenvalue weighted by Gasteiger charge is 2.60. The third-order valence-electron chi connectivity index (χ3n) is 9.74. The molecule has 2 heterocycles. The Morgan fingerprint density at radius 3 is 1.08 bits per heavy atom. The van der Waals surface area contributed by atoms with Crippen LogP contribution in [0, 0.1) is 47.3 Å². The molecule has 6 aliphatic rings. The lowest BCUT2D eigenvalue weighted by Crippen LogP contribution is -2.32. The van der Waals surface area contributed by atoms with Gasteiger partial charge in [0.2, 0.25) is 23.6 Å². The van der Waals surface area contributed by atoms with Gasteiger partial charge >= 0.3 is 0 Å². The number of amides is 4. The van der Waals surface area contributed by atoms with Gasteiger partial charge in [-0.1, -0.05) is 48.6 Å². The number of imide groups is 2. The number of anilines is 2. The van der Waals surface area contributed by atoms with Crippen LogP contribution in [0.15, 0.2) is 72.8 Å². The van der Waals surface area contributed by atoms with Crippen molar-refractivity contribution >= 4 is 35.0 Å². The SMILES string of the molecule is O=C1[C@@H]2[C@H](C(=O)N1c1ccc(Cc3ccc(N4C(=O)[C@H]5[C@H](C4=O)[C@H]4C=C[C@H]5C4)cc3)cc1)[C@H]1C=C[C@H]2C1. The molecule has 0 unspecified atom stereocenters. The lowest BCUT2D eigenvalue weighted by atomic mass is 9.85. The molecule has 6 nitrogen and oxygen atoms in total. The molecule has 2 aliphatic heterocycles. The second-order valence-electron chi connectivity index (χ2n) is 11.5. The average molecular weight is 491 g/mol. The summed E-state index contributed by atoms with van der Waals surface area (Å²) in [4.78, 5) is 55.1. The van der Waals surface area contributed by atoms with Crippen molar-refractivity contribution in [3.63, 3.8) is 0 Å². The Bertz CT molecular complexity index is 1270. The summed E-state index contributed by atoms with van der Waals surface area (Å²) in [7, 11) is 0. The normalized spacial score (nSPS) is 36.4. The van der Waals surface area contributed by atoms with Gasteiger partial charge in [0, 0.05) is 0 Å². The number of allylic oxidation sites excluding steroid dienone is 4. The largest absolute Gasteiger partial charge is 0.274 e. The Kier molecular flexibility index (Phi) is 4.24. The van der Waals surface area contributed by atoms with E-state index in [4.69, 9.17) is 0 Å². The zero-order chi connectivity index (χ0) is 25.0. The van der Waals surface area contributed by atoms with Gasteiger partial charge < -0.3 is 0 Å². The fourth-order valence-corrected chi connectivity index (χ4v) is 8.08. The molecule has 8 atom stereocenters. The van der Waals surface area contributed by atoms with Gasteiger partial charge in [-0.25, -0.2) is 0 Å². The number of hydrogen-bond donors (Lipinski definition) is 0. The standard InChI is InChI=1S/C31H26N2O4/c34-28-24-18-5-6-19(14-18)25(24)29(35)32(28)22-9-1-16(2-10-22)13-17-3-11-23(12-4-17)33-30(36)26-20-7-8-21(15-20)27(26)31(33)37/h1-12,18-21,24-27H,13-15H2/t18-,19-,20-,21-,24-,25+,26+,27+/m0/s1. The van der Waals surface area contributed by atoms with Gasteiger partial charge in [-0.15, -0.1) is 0 Å². The van der Waals surface area contributed by atoms with E-state index < -0.39 is 0 Å². The van der Waals surface area contributed by atoms with Crippen LogP contribution in [-0.2, 0) is 25.6 Å². The Labute approximate surface area is 214 Å². The van der Waals surface area contributed by atoms with Crippen LogP contribution in [0.1, 0.15) is 24.0 Å². The lowest BCUT2D eigenvalue weighted by molar-refractivity contribution is -0.124. The first kappa shape index (κ1) is 21.3. The number of benzene rings is 2. The fraction of sp³-hybridized carbons (Fsp3) is 0.355. The van der Waals surface area contributed by atoms with Gasteiger partial charge in [0.05, 0.1) is 35.0 Å². The summed E-state index contributed by atoms with van der Waals surface area (Å²) in [5.74, 6) is -0.198. The highest BCUT2D eigenvalue weighted by molar-refractivity contribution is 6.23. The molecule has 4 amide bonds. The average Bonchev–Trinajstić information content (AvgIpc) is 3.74. The highest BCUT2D eigenvalue weighted by atomic mass is 16.2. The van der Waals surface area contributed by atoms with E-state index in [0.717, 1.165) is 24.0 Å². The fourth-order valence-electron chi connectivity index (χ4n) is 8.08. The molecular weight excluding hydrogens is 464 g/mol. The topological polar surface area (TPSA) is 74.8 Å². The summed E-state index contributed by atoms with van der Waals surface area (Å²) >= 11 is 0. The summed E-state index contributed by atoms with van der Waals surface area (Å²) in [6.45, 7) is 0. The second kappa shape index (κ2) is 7.37. The Hall–Kier alpha value is -3.80. The maximum atomic E-state index is 13.1. The molecule has 8 rings (SSSR count). The van der Waals surface area contributed by atoms with Crippen LogP contribution >= 0.6 is 0 Å². The molecule has 2 aromatic rings. The Balaban J connectivity index is 0.973. The molecule has 2 aromatic carbocycles. The molecule has 2 saturated heterocycles. The Morgan fingerprint density at radius 1 is 0.486 bits per heavy atom. The molecule has 2 saturated carbocycles. The van der Waals surface area contributed by atoms with Crippen molar-refractivity contribution in [3.8, 4) is 0 Å². The van der Waals surface area contributed by atoms with Gasteiger partial charge in [0.25, 0.3) is 0 Å². The maximum Gasteiger partial charge on any atom is 0.238 e. The number of rotatable bonds is 4. The molecule has 0 aromatic heterocycles. The molecule has 6 heteroatoms. The van der Waals surface area contributed by atoms with Crippen molar-refractivity contribution in [3.05, 3.63) is 84.0 Å². The molecule has 37 heavy (non-hydrogen) atoms. The third kappa shape index (κ3) is 2.81. The second-order valence-corrected chi connectivity index (χ2v) is 11.5. The zero-order valence-electron chi connectivity index (χ0n) is 20.2. The molecule has 4 bridgehead atoms. The quantitative estimate of drug-likeness (QED) is 0.481. The third-order valence-corrected chi connectivity index (χ3v) is 9.74. The van der Waals surface area contributed by atoms with Gasteiger partial charge in [0.15, 0.2) is 0 Å². The molecule has 0 spiro atoms. The monoisotopic (exact) mass is 490 g/mol. The predicted octanol–water partition coefficient (Wildman–Crippen LogP) is 3.90. The van der Waals surface area contributed by atoms with Crippen molar-refractivity contribution in [2.45, 2.75) is 19.3 Å². The molecular formula is C31H26N2O4. The summed E-state index contributed by atoms with van der Waals surface area (Å²) < 4.78 is 0. The number of carbonyl (C=O) groups is 4. The summed E-state index contributed by atoms with van der Waals surface area (Å²) in [6.07, 6.45) is 11.0. The van der Waals surface area contributed by atoms with E-state index in [2.05, 4.69) is 24.3 Å². The maximum absolute atomic E-state index is 13.1. The van der Waals surface area contributed by atoms with Crippen molar-refractivity contribution in [2.75, 3.05) is 9.80 Å². The van der Waals surface area contributed by atoms with E-state index in [1.807, 2.05) is 48.5 Å². The van der Waals surface area contributed by atoms with Crippen LogP contribution in [0.25, 0.3) is 0 Å². The van der Waals surface area contributed by atoms with Crippen LogP contribution in [0.3, 0.4) is 0 Å². The van der Waals surface area contributed by atoms with Crippen LogP contribution in [0.2, 0.25) is 0 Å². The zero-order valence-corrected chi connectivity index (χ0v) is 20.2. The number of nitrogens with zero attached hydrogens (tertiary/aromatic N) is 2. The van der Waals surface area contributed by atoms with E-state index in [1.54, 1.807) is 0 Å². The minimum atomic E-state index is -0.193. The van der Waals surface area contributed by atoms with Crippen molar-refractivity contribution in [1.82, 2.24) is 0 Å². The molecule has 0 N–H and O–H groups in total. The van der Waals surface area contributed by atoms with Gasteiger partial charge in [-0.05, 0) is 78.3 Å². The summed E-state index contributed by atoms with van der Waals surface area (Å²) in [5, 5.41) is 0. The van der Waals surface area contributed by atoms with E-state index in [1.165, 1.54) is 9.80 Å². The predicted molar refractivity (Wildman–Crippen MR) is 136 cm³/mol. The first-order chi connectivity index (χ1) is 18.0. The first-order valence-electron chi connectivity index (χ1n) is 13.3. The minimum Gasteiger partial charge on any atom is -0.274 e. The number of carbonyl (C=O) groups excluding carboxylic acids is 4. The van der Waals surface area contributed by atoms with Crippen molar-refractivity contribution < 1.29 is 19.2 Å². The van der Waals surface area contributed by atoms with Crippen molar-refractivity contribution in [2.24, 2.45) is 47.3 Å². The highest BCUT2D eigenvalue weighted by Crippen LogP contribution is 2.54. The smallest absolute Gasteiger partial charge is 0.238 e. The van der Waals surface area contributed by atoms with Gasteiger partial charge in [0.1, 0.15) is 0 Å². The molecule has 4 fully saturated rings. The molecule has 184 valence electrons. The van der Waals surface area contributed by atoms with E-state index >= 15 is 0 Å². The van der Waals surface area contributed by atoms with E-state index in [0.29, 0.717) is 17.8 Å². The summed E-state index contributed by atoms with van der Waals surface area (Å²) in [5.41, 5.74) is 3.40.